The Morgan fingerprint density at radius 1 is 0.481 bits per heavy atom. The maximum absolute atomic E-state index is 16.1. The van der Waals surface area contributed by atoms with Gasteiger partial charge in [0.25, 0.3) is 0 Å². The van der Waals surface area contributed by atoms with Crippen LogP contribution in [0.1, 0.15) is 120 Å². The molecule has 4 saturated carbocycles. The maximum atomic E-state index is 16.1. The number of ether oxygens (including phenoxy) is 14. The first-order valence-electron chi connectivity index (χ1n) is 36.9. The van der Waals surface area contributed by atoms with E-state index >= 15 is 4.79 Å². The highest BCUT2D eigenvalue weighted by atomic mass is 16.8. The molecule has 0 spiro atoms. The normalized spacial score (nSPS) is 54.7. The first-order chi connectivity index (χ1) is 49.8. The van der Waals surface area contributed by atoms with Gasteiger partial charge in [0.2, 0.25) is 6.29 Å². The van der Waals surface area contributed by atoms with Crippen molar-refractivity contribution in [1.29, 1.82) is 0 Å². The third-order valence-electron chi connectivity index (χ3n) is 26.8. The molecule has 12 aliphatic rings. The molecule has 7 aliphatic heterocycles. The fourth-order valence-electron chi connectivity index (χ4n) is 20.1. The summed E-state index contributed by atoms with van der Waals surface area (Å²) < 4.78 is 85.2. The first-order valence-corrected chi connectivity index (χ1v) is 36.9. The van der Waals surface area contributed by atoms with Gasteiger partial charge < -0.3 is 168 Å². The van der Waals surface area contributed by atoms with E-state index in [2.05, 4.69) is 40.7 Å². The molecule has 606 valence electrons. The zero-order valence-electron chi connectivity index (χ0n) is 60.4. The SMILES string of the molecule is CC1OC(OC(=O)C23CCC(C)(C)CC2C2=CCC4C5(C)CCC(OC6OC(C(=O)O)C(O)C(OC7OCC(O)C(O)C7O)C6OC6OC(CO)C(O)C(O)C6O)C(C)(C=O)C5CCC4(C)C2(C)CC3)C(OC2OC(C)C(OC3OCC(O)C(O)C3O)C(O)C2O)C(OC2OC(CO)C(O)C(O)C2O)C1O. The number of rotatable bonds is 18. The first kappa shape index (κ1) is 82.6. The molecule has 0 aromatic carbocycles. The van der Waals surface area contributed by atoms with Gasteiger partial charge in [-0.1, -0.05) is 53.2 Å². The molecule has 0 aromatic heterocycles. The van der Waals surface area contributed by atoms with Crippen LogP contribution in [0.15, 0.2) is 11.6 Å². The molecule has 12 rings (SSSR count). The van der Waals surface area contributed by atoms with Crippen LogP contribution in [-0.4, -0.2) is 351 Å². The van der Waals surface area contributed by atoms with Gasteiger partial charge in [0.1, 0.15) is 141 Å². The Labute approximate surface area is 610 Å². The number of aliphatic hydroxyl groups is 18. The van der Waals surface area contributed by atoms with Gasteiger partial charge in [-0.3, -0.25) is 4.79 Å². The van der Waals surface area contributed by atoms with Crippen molar-refractivity contribution in [3.05, 3.63) is 11.6 Å². The minimum Gasteiger partial charge on any atom is -0.479 e. The minimum atomic E-state index is -2.22. The van der Waals surface area contributed by atoms with Crippen LogP contribution < -0.4 is 0 Å². The number of fused-ring (bicyclic) bond motifs is 7. The zero-order valence-corrected chi connectivity index (χ0v) is 60.4. The molecule has 0 radical (unpaired) electrons. The molecule has 42 atom stereocenters. The van der Waals surface area contributed by atoms with Crippen LogP contribution in [-0.2, 0) is 80.7 Å². The Morgan fingerprint density at radius 3 is 1.53 bits per heavy atom. The molecule has 0 amide bonds. The lowest BCUT2D eigenvalue weighted by molar-refractivity contribution is -0.391. The topological polar surface area (TPSA) is 565 Å². The molecular weight excluding hydrogens is 1420 g/mol. The molecule has 0 bridgehead atoms. The lowest BCUT2D eigenvalue weighted by Gasteiger charge is -2.71. The molecule has 42 unspecified atom stereocenters. The standard InChI is InChI=1S/C70H110O36/c1-25-36(76)51(102-60-46(86)41(81)39(79)31(20-71)97-60)54(104-59-48(88)43(83)50(26(2)96-59)100-57-44(84)37(77)29(74)22-93-57)62(95-25)106-64(92)70-17-15-65(3,4)19-28(70)27-9-10-34-66(5)13-12-35(67(6,24-73)33(66)11-14-69(34,8)68(27,7)16-18-70)99-63-55(105-61-47(87)42(82)40(80)32(21-72)98-61)52(49(89)53(103-63)56(90)91)101-58-45(85)38(78)30(75)23-94-58/h9,24-26,28-55,57-63,71-72,74-89H,10-23H2,1-8H3,(H,90,91). The second-order valence-electron chi connectivity index (χ2n) is 33.5. The van der Waals surface area contributed by atoms with Crippen LogP contribution in [0.3, 0.4) is 0 Å². The van der Waals surface area contributed by atoms with E-state index in [9.17, 15) is 107 Å². The van der Waals surface area contributed by atoms with Crippen molar-refractivity contribution in [1.82, 2.24) is 0 Å². The fraction of sp³-hybridized carbons (Fsp3) is 0.929. The molecule has 5 aliphatic carbocycles. The Morgan fingerprint density at radius 2 is 0.972 bits per heavy atom. The van der Waals surface area contributed by atoms with Gasteiger partial charge in [0, 0.05) is 0 Å². The van der Waals surface area contributed by atoms with Crippen LogP contribution in [0.25, 0.3) is 0 Å². The molecule has 36 heteroatoms. The number of allylic oxidation sites excluding steroid dienone is 2. The number of hydrogen-bond donors (Lipinski definition) is 19. The lowest BCUT2D eigenvalue weighted by Crippen LogP contribution is -2.69. The van der Waals surface area contributed by atoms with Gasteiger partial charge in [-0.2, -0.15) is 0 Å². The van der Waals surface area contributed by atoms with Gasteiger partial charge in [0.15, 0.2) is 49.9 Å². The highest BCUT2D eigenvalue weighted by molar-refractivity contribution is 5.79. The highest BCUT2D eigenvalue weighted by Gasteiger charge is 2.72. The number of aldehydes is 1. The number of carbonyl (C=O) groups is 3. The monoisotopic (exact) mass is 1530 g/mol. The van der Waals surface area contributed by atoms with Crippen LogP contribution >= 0.6 is 0 Å². The van der Waals surface area contributed by atoms with E-state index in [0.717, 1.165) is 11.9 Å². The van der Waals surface area contributed by atoms with Gasteiger partial charge in [-0.25, -0.2) is 4.79 Å². The smallest absolute Gasteiger partial charge is 0.335 e. The average molecular weight is 1530 g/mol. The Kier molecular flexibility index (Phi) is 24.3. The average Bonchev–Trinajstić information content (AvgIpc) is 0.674. The van der Waals surface area contributed by atoms with E-state index in [-0.39, 0.29) is 24.2 Å². The number of carboxylic acids is 1. The molecule has 19 N–H and O–H groups in total. The van der Waals surface area contributed by atoms with Gasteiger partial charge >= 0.3 is 11.9 Å². The van der Waals surface area contributed by atoms with Crippen molar-refractivity contribution in [2.75, 3.05) is 26.4 Å². The Bertz CT molecular complexity index is 3100. The van der Waals surface area contributed by atoms with E-state index in [1.54, 1.807) is 6.92 Å². The summed E-state index contributed by atoms with van der Waals surface area (Å²) in [6.45, 7) is 12.6. The van der Waals surface area contributed by atoms with Crippen LogP contribution in [0.5, 0.6) is 0 Å². The fourth-order valence-corrected chi connectivity index (χ4v) is 20.1. The number of esters is 1. The summed E-state index contributed by atoms with van der Waals surface area (Å²) in [6.07, 6.45) is -54.0. The minimum absolute atomic E-state index is 0.123. The highest BCUT2D eigenvalue weighted by Crippen LogP contribution is 2.76. The second-order valence-corrected chi connectivity index (χ2v) is 33.5. The molecule has 36 nitrogen and oxygen atoms in total. The quantitative estimate of drug-likeness (QED) is 0.0263. The number of hydrogen-bond acceptors (Lipinski definition) is 35. The summed E-state index contributed by atoms with van der Waals surface area (Å²) in [4.78, 5) is 43.4. The lowest BCUT2D eigenvalue weighted by atomic mass is 9.33. The number of carbonyl (C=O) groups excluding carboxylic acids is 2. The van der Waals surface area contributed by atoms with Crippen molar-refractivity contribution in [2.45, 2.75) is 328 Å². The molecular formula is C70H110O36. The summed E-state index contributed by atoms with van der Waals surface area (Å²) in [5, 5.41) is 207. The number of aliphatic hydroxyl groups excluding tert-OH is 18. The van der Waals surface area contributed by atoms with Crippen molar-refractivity contribution in [3.8, 4) is 0 Å². The third-order valence-corrected chi connectivity index (χ3v) is 26.8. The van der Waals surface area contributed by atoms with E-state index in [1.807, 2.05) is 0 Å². The third kappa shape index (κ3) is 14.2. The number of carboxylic acid groups (broad SMARTS) is 1. The summed E-state index contributed by atoms with van der Waals surface area (Å²) in [7, 11) is 0. The summed E-state index contributed by atoms with van der Waals surface area (Å²) in [5.41, 5.74) is -3.80. The number of aliphatic carboxylic acids is 1. The Balaban J connectivity index is 0.827. The predicted molar refractivity (Wildman–Crippen MR) is 347 cm³/mol. The summed E-state index contributed by atoms with van der Waals surface area (Å²) in [6, 6.07) is 0. The summed E-state index contributed by atoms with van der Waals surface area (Å²) in [5.74, 6) is -3.54. The van der Waals surface area contributed by atoms with E-state index in [4.69, 9.17) is 66.3 Å². The molecule has 7 saturated heterocycles. The van der Waals surface area contributed by atoms with E-state index < -0.39 is 286 Å². The second kappa shape index (κ2) is 31.1. The van der Waals surface area contributed by atoms with Gasteiger partial charge in [-0.05, 0) is 117 Å². The van der Waals surface area contributed by atoms with Crippen LogP contribution in [0, 0.1) is 50.2 Å². The van der Waals surface area contributed by atoms with Crippen LogP contribution in [0.4, 0.5) is 0 Å². The molecule has 0 aromatic rings. The molecule has 106 heavy (non-hydrogen) atoms. The van der Waals surface area contributed by atoms with Crippen molar-refractivity contribution in [2.24, 2.45) is 50.2 Å². The maximum Gasteiger partial charge on any atom is 0.335 e. The van der Waals surface area contributed by atoms with E-state index in [0.29, 0.717) is 51.4 Å². The van der Waals surface area contributed by atoms with Crippen molar-refractivity contribution >= 4 is 18.2 Å². The zero-order chi connectivity index (χ0) is 77.3. The molecule has 11 fully saturated rings. The predicted octanol–water partition coefficient (Wildman–Crippen LogP) is -5.96. The molecule has 7 heterocycles. The van der Waals surface area contributed by atoms with E-state index in [1.165, 1.54) is 13.8 Å². The largest absolute Gasteiger partial charge is 0.479 e. The van der Waals surface area contributed by atoms with Gasteiger partial charge in [0.05, 0.1) is 55.6 Å². The Hall–Kier alpha value is -2.89. The van der Waals surface area contributed by atoms with Crippen molar-refractivity contribution in [3.63, 3.8) is 0 Å². The van der Waals surface area contributed by atoms with Crippen molar-refractivity contribution < 1.29 is 178 Å². The summed E-state index contributed by atoms with van der Waals surface area (Å²) >= 11 is 0. The van der Waals surface area contributed by atoms with Crippen LogP contribution in [0.2, 0.25) is 0 Å². The van der Waals surface area contributed by atoms with Gasteiger partial charge in [-0.15, -0.1) is 0 Å².